The van der Waals surface area contributed by atoms with Crippen molar-refractivity contribution < 1.29 is 33.8 Å². The molecule has 1 aromatic rings. The lowest BCUT2D eigenvalue weighted by Crippen LogP contribution is -2.57. The summed E-state index contributed by atoms with van der Waals surface area (Å²) in [5.74, 6) is -3.49. The Morgan fingerprint density at radius 2 is 1.98 bits per heavy atom. The van der Waals surface area contributed by atoms with Gasteiger partial charge in [-0.1, -0.05) is 46.3 Å². The van der Waals surface area contributed by atoms with Crippen molar-refractivity contribution in [1.82, 2.24) is 10.2 Å². The lowest BCUT2D eigenvalue weighted by molar-refractivity contribution is -0.159. The Labute approximate surface area is 255 Å². The Hall–Kier alpha value is -3.02. The SMILES string of the molecule is C=CCCC(=O)NC[C@H](C)OC(=O)[C@H]1[C@@H]2O[C@@]3(CC2Br)[C@@H]1C(=O)N(CCO)[C@@H]3C(=O)N(CC=C)c1c(C)cccc1C. The van der Waals surface area contributed by atoms with Gasteiger partial charge in [0.05, 0.1) is 31.1 Å². The molecule has 3 fully saturated rings. The van der Waals surface area contributed by atoms with Crippen LogP contribution in [-0.2, 0) is 28.7 Å². The number of likely N-dealkylation sites (tertiary alicyclic amines) is 1. The fraction of sp³-hybridized carbons (Fsp3) is 0.548. The zero-order chi connectivity index (χ0) is 30.8. The van der Waals surface area contributed by atoms with Gasteiger partial charge in [0.15, 0.2) is 0 Å². The van der Waals surface area contributed by atoms with Crippen LogP contribution in [0.3, 0.4) is 0 Å². The van der Waals surface area contributed by atoms with E-state index in [4.69, 9.17) is 9.47 Å². The molecule has 1 spiro atoms. The Morgan fingerprint density at radius 3 is 2.60 bits per heavy atom. The van der Waals surface area contributed by atoms with Gasteiger partial charge in [-0.15, -0.1) is 13.2 Å². The van der Waals surface area contributed by atoms with Gasteiger partial charge in [-0.2, -0.15) is 0 Å². The molecule has 11 heteroatoms. The van der Waals surface area contributed by atoms with Gasteiger partial charge in [0.2, 0.25) is 11.8 Å². The van der Waals surface area contributed by atoms with Crippen molar-refractivity contribution in [3.05, 3.63) is 54.6 Å². The molecule has 3 saturated heterocycles. The fourth-order valence-corrected chi connectivity index (χ4v) is 7.67. The summed E-state index contributed by atoms with van der Waals surface area (Å²) < 4.78 is 12.2. The van der Waals surface area contributed by atoms with Crippen LogP contribution >= 0.6 is 15.9 Å². The zero-order valence-corrected chi connectivity index (χ0v) is 26.0. The molecule has 0 saturated carbocycles. The number of fused-ring (bicyclic) bond motifs is 1. The summed E-state index contributed by atoms with van der Waals surface area (Å²) in [5.41, 5.74) is 1.21. The molecule has 3 aliphatic heterocycles. The van der Waals surface area contributed by atoms with Crippen LogP contribution in [0.25, 0.3) is 0 Å². The highest BCUT2D eigenvalue weighted by Gasteiger charge is 2.77. The predicted octanol–water partition coefficient (Wildman–Crippen LogP) is 2.58. The maximum absolute atomic E-state index is 14.5. The number of esters is 1. The molecule has 0 aliphatic carbocycles. The van der Waals surface area contributed by atoms with E-state index in [0.29, 0.717) is 12.8 Å². The molecule has 1 aromatic carbocycles. The number of nitrogens with zero attached hydrogens (tertiary/aromatic N) is 2. The average Bonchev–Trinajstić information content (AvgIpc) is 3.53. The molecule has 42 heavy (non-hydrogen) atoms. The van der Waals surface area contributed by atoms with Gasteiger partial charge in [0.25, 0.3) is 5.91 Å². The third-order valence-electron chi connectivity index (χ3n) is 8.40. The van der Waals surface area contributed by atoms with E-state index in [1.807, 2.05) is 32.0 Å². The number of β-amino-alcohol motifs (C(OH)–C–C–N with tert-alkyl or cyclic N) is 1. The minimum Gasteiger partial charge on any atom is -0.460 e. The minimum atomic E-state index is -1.29. The van der Waals surface area contributed by atoms with E-state index in [0.717, 1.165) is 16.8 Å². The number of nitrogens with one attached hydrogen (secondary N) is 1. The van der Waals surface area contributed by atoms with Gasteiger partial charge in [0.1, 0.15) is 17.7 Å². The van der Waals surface area contributed by atoms with Crippen LogP contribution < -0.4 is 10.2 Å². The van der Waals surface area contributed by atoms with Gasteiger partial charge in [-0.25, -0.2) is 0 Å². The highest BCUT2D eigenvalue weighted by atomic mass is 79.9. The van der Waals surface area contributed by atoms with Gasteiger partial charge >= 0.3 is 5.97 Å². The predicted molar refractivity (Wildman–Crippen MR) is 161 cm³/mol. The highest BCUT2D eigenvalue weighted by Crippen LogP contribution is 2.60. The maximum atomic E-state index is 14.5. The summed E-state index contributed by atoms with van der Waals surface area (Å²) in [4.78, 5) is 56.8. The summed E-state index contributed by atoms with van der Waals surface area (Å²) in [7, 11) is 0. The molecule has 0 radical (unpaired) electrons. The minimum absolute atomic E-state index is 0.0853. The number of amides is 3. The molecule has 1 unspecified atom stereocenters. The number of para-hydroxylation sites is 1. The number of allylic oxidation sites excluding steroid dienone is 1. The first-order chi connectivity index (χ1) is 20.0. The van der Waals surface area contributed by atoms with Crippen LogP contribution in [0.5, 0.6) is 0 Å². The average molecular weight is 647 g/mol. The Balaban J connectivity index is 1.64. The monoisotopic (exact) mass is 645 g/mol. The molecule has 10 nitrogen and oxygen atoms in total. The lowest BCUT2D eigenvalue weighted by atomic mass is 9.70. The van der Waals surface area contributed by atoms with E-state index in [1.165, 1.54) is 4.90 Å². The summed E-state index contributed by atoms with van der Waals surface area (Å²) in [6, 6.07) is 4.68. The molecule has 3 heterocycles. The zero-order valence-electron chi connectivity index (χ0n) is 24.4. The topological polar surface area (TPSA) is 125 Å². The number of carbonyl (C=O) groups is 4. The smallest absolute Gasteiger partial charge is 0.312 e. The summed E-state index contributed by atoms with van der Waals surface area (Å²) >= 11 is 3.65. The second kappa shape index (κ2) is 13.1. The van der Waals surface area contributed by atoms with Crippen LogP contribution in [-0.4, -0.2) is 88.6 Å². The molecule has 3 aliphatic rings. The quantitative estimate of drug-likeness (QED) is 0.192. The van der Waals surface area contributed by atoms with Crippen molar-refractivity contribution in [3.63, 3.8) is 0 Å². The van der Waals surface area contributed by atoms with E-state index >= 15 is 0 Å². The number of carbonyl (C=O) groups excluding carboxylic acids is 4. The molecule has 4 rings (SSSR count). The first kappa shape index (κ1) is 31.9. The van der Waals surface area contributed by atoms with E-state index < -0.39 is 47.6 Å². The van der Waals surface area contributed by atoms with Gasteiger partial charge in [-0.3, -0.25) is 19.2 Å². The van der Waals surface area contributed by atoms with Crippen LogP contribution in [0, 0.1) is 25.7 Å². The third kappa shape index (κ3) is 5.66. The van der Waals surface area contributed by atoms with Gasteiger partial charge in [-0.05, 0) is 44.7 Å². The summed E-state index contributed by atoms with van der Waals surface area (Å²) in [6.07, 6.45) is 3.11. The van der Waals surface area contributed by atoms with Crippen molar-refractivity contribution in [2.24, 2.45) is 11.8 Å². The van der Waals surface area contributed by atoms with Crippen LogP contribution in [0.1, 0.15) is 37.3 Å². The van der Waals surface area contributed by atoms with Crippen molar-refractivity contribution in [2.75, 3.05) is 31.1 Å². The molecule has 2 N–H and O–H groups in total. The first-order valence-electron chi connectivity index (χ1n) is 14.3. The number of rotatable bonds is 13. The number of aliphatic hydroxyl groups excluding tert-OH is 1. The second-order valence-electron chi connectivity index (χ2n) is 11.3. The number of alkyl halides is 1. The first-order valence-corrected chi connectivity index (χ1v) is 15.2. The number of aryl methyl sites for hydroxylation is 2. The number of hydrogen-bond donors (Lipinski definition) is 2. The molecule has 228 valence electrons. The van der Waals surface area contributed by atoms with Gasteiger partial charge < -0.3 is 29.7 Å². The number of ether oxygens (including phenoxy) is 2. The van der Waals surface area contributed by atoms with Crippen LogP contribution in [0.4, 0.5) is 5.69 Å². The Kier molecular flexibility index (Phi) is 9.95. The number of halogens is 1. The number of aliphatic hydroxyl groups is 1. The molecular weight excluding hydrogens is 606 g/mol. The highest BCUT2D eigenvalue weighted by molar-refractivity contribution is 9.09. The van der Waals surface area contributed by atoms with Crippen LogP contribution in [0.2, 0.25) is 0 Å². The van der Waals surface area contributed by atoms with Crippen molar-refractivity contribution >= 4 is 45.3 Å². The molecule has 3 amide bonds. The molecular formula is C31H40BrN3O7. The molecule has 7 atom stereocenters. The molecule has 2 bridgehead atoms. The van der Waals surface area contributed by atoms with Crippen LogP contribution in [0.15, 0.2) is 43.5 Å². The summed E-state index contributed by atoms with van der Waals surface area (Å²) in [6.45, 7) is 12.8. The van der Waals surface area contributed by atoms with Crippen molar-refractivity contribution in [1.29, 1.82) is 0 Å². The maximum Gasteiger partial charge on any atom is 0.312 e. The number of hydrogen-bond acceptors (Lipinski definition) is 7. The third-order valence-corrected chi connectivity index (χ3v) is 9.25. The second-order valence-corrected chi connectivity index (χ2v) is 12.5. The lowest BCUT2D eigenvalue weighted by Gasteiger charge is -2.37. The number of anilines is 1. The Bertz CT molecular complexity index is 1230. The Morgan fingerprint density at radius 1 is 1.29 bits per heavy atom. The van der Waals surface area contributed by atoms with E-state index in [1.54, 1.807) is 24.0 Å². The standard InChI is InChI=1S/C31H40BrN3O7/c1-6-8-12-22(37)33-17-20(5)41-30(40)23-24-28(38)35(14-15-36)27(31(24)16-21(32)26(23)42-31)29(39)34(13-7-2)25-18(3)10-9-11-19(25)4/h6-7,9-11,20-21,23-24,26-27,36H,1-2,8,12-17H2,3-5H3,(H,33,37)/t20-,21?,23+,24-,26+,27+,31-/m0/s1. The number of benzene rings is 1. The molecule has 0 aromatic heterocycles. The van der Waals surface area contributed by atoms with E-state index in [9.17, 15) is 24.3 Å². The van der Waals surface area contributed by atoms with Crippen molar-refractivity contribution in [3.8, 4) is 0 Å². The van der Waals surface area contributed by atoms with Gasteiger partial charge in [0, 0.05) is 30.0 Å². The largest absolute Gasteiger partial charge is 0.460 e. The van der Waals surface area contributed by atoms with E-state index in [2.05, 4.69) is 34.4 Å². The normalized spacial score (nSPS) is 28.3. The van der Waals surface area contributed by atoms with Crippen molar-refractivity contribution in [2.45, 2.75) is 68.7 Å². The fourth-order valence-electron chi connectivity index (χ4n) is 6.72. The van der Waals surface area contributed by atoms with E-state index in [-0.39, 0.29) is 49.3 Å². The summed E-state index contributed by atoms with van der Waals surface area (Å²) in [5, 5.41) is 12.6.